The van der Waals surface area contributed by atoms with Crippen LogP contribution in [0.15, 0.2) is 24.5 Å². The molecule has 0 unspecified atom stereocenters. The van der Waals surface area contributed by atoms with E-state index < -0.39 is 17.6 Å². The number of carbonyl (C=O) groups is 1. The summed E-state index contributed by atoms with van der Waals surface area (Å²) in [5, 5.41) is 8.92. The molecular weight excluding hydrogens is 376 g/mol. The Bertz CT molecular complexity index is 868. The zero-order chi connectivity index (χ0) is 20.4. The van der Waals surface area contributed by atoms with Crippen molar-refractivity contribution in [3.63, 3.8) is 0 Å². The fraction of sp³-hybridized carbons (Fsp3) is 0.500. The van der Waals surface area contributed by atoms with Crippen molar-refractivity contribution in [1.82, 2.24) is 9.97 Å². The predicted octanol–water partition coefficient (Wildman–Crippen LogP) is 4.77. The maximum Gasteiger partial charge on any atom is 0.303 e. The maximum atomic E-state index is 14.9. The molecule has 1 N–H and O–H groups in total. The molecule has 2 aliphatic rings. The molecule has 29 heavy (non-hydrogen) atoms. The number of aliphatic carboxylic acids is 1. The fourth-order valence-electron chi connectivity index (χ4n) is 4.56. The molecule has 1 aromatic carbocycles. The van der Waals surface area contributed by atoms with Crippen molar-refractivity contribution in [3.05, 3.63) is 41.9 Å². The number of piperidine rings is 1. The van der Waals surface area contributed by atoms with Crippen molar-refractivity contribution in [2.75, 3.05) is 18.0 Å². The van der Waals surface area contributed by atoms with Crippen molar-refractivity contribution in [2.24, 2.45) is 5.92 Å². The van der Waals surface area contributed by atoms with Crippen LogP contribution in [0.2, 0.25) is 0 Å². The first kappa shape index (κ1) is 19.7. The highest BCUT2D eigenvalue weighted by molar-refractivity contribution is 5.67. The van der Waals surface area contributed by atoms with Crippen molar-refractivity contribution >= 4 is 11.7 Å². The lowest BCUT2D eigenvalue weighted by atomic mass is 9.93. The second-order valence-electron chi connectivity index (χ2n) is 8.13. The minimum atomic E-state index is -0.828. The van der Waals surface area contributed by atoms with Gasteiger partial charge < -0.3 is 10.0 Å². The first-order valence-electron chi connectivity index (χ1n) is 10.3. The van der Waals surface area contributed by atoms with Gasteiger partial charge in [0.05, 0.1) is 17.6 Å². The van der Waals surface area contributed by atoms with Gasteiger partial charge in [0.1, 0.15) is 17.3 Å². The van der Waals surface area contributed by atoms with E-state index in [0.29, 0.717) is 43.1 Å². The number of nitrogens with zero attached hydrogens (tertiary/aromatic N) is 3. The lowest BCUT2D eigenvalue weighted by Gasteiger charge is -2.33. The smallest absolute Gasteiger partial charge is 0.303 e. The van der Waals surface area contributed by atoms with Crippen molar-refractivity contribution in [1.29, 1.82) is 0 Å². The summed E-state index contributed by atoms with van der Waals surface area (Å²) in [6.45, 7) is 0.893. The van der Waals surface area contributed by atoms with Gasteiger partial charge in [0.2, 0.25) is 0 Å². The number of halogens is 2. The summed E-state index contributed by atoms with van der Waals surface area (Å²) < 4.78 is 29.7. The monoisotopic (exact) mass is 401 g/mol. The molecule has 0 spiro atoms. The number of benzene rings is 1. The van der Waals surface area contributed by atoms with Crippen LogP contribution in [0, 0.1) is 17.6 Å². The Hall–Kier alpha value is -2.57. The highest BCUT2D eigenvalue weighted by atomic mass is 19.1. The zero-order valence-corrected chi connectivity index (χ0v) is 16.3. The van der Waals surface area contributed by atoms with Gasteiger partial charge in [0.15, 0.2) is 0 Å². The summed E-state index contributed by atoms with van der Waals surface area (Å²) in [6.07, 6.45) is 9.15. The zero-order valence-electron chi connectivity index (χ0n) is 16.3. The first-order valence-corrected chi connectivity index (χ1v) is 10.3. The van der Waals surface area contributed by atoms with E-state index in [-0.39, 0.29) is 18.0 Å². The molecule has 0 radical (unpaired) electrons. The number of hydrogen-bond acceptors (Lipinski definition) is 4. The summed E-state index contributed by atoms with van der Waals surface area (Å²) in [6, 6.07) is 2.65. The lowest BCUT2D eigenvalue weighted by Crippen LogP contribution is -2.35. The molecular formula is C22H25F2N3O2. The largest absolute Gasteiger partial charge is 0.481 e. The molecule has 2 heterocycles. The Labute approximate surface area is 168 Å². The minimum absolute atomic E-state index is 0.0394. The van der Waals surface area contributed by atoms with Crippen molar-refractivity contribution in [3.8, 4) is 11.3 Å². The Balaban J connectivity index is 1.54. The Morgan fingerprint density at radius 3 is 2.34 bits per heavy atom. The summed E-state index contributed by atoms with van der Waals surface area (Å²) in [5.41, 5.74) is 1.73. The van der Waals surface area contributed by atoms with E-state index in [4.69, 9.17) is 5.11 Å². The minimum Gasteiger partial charge on any atom is -0.481 e. The van der Waals surface area contributed by atoms with Gasteiger partial charge in [-0.2, -0.15) is 0 Å². The van der Waals surface area contributed by atoms with Crippen LogP contribution in [0.5, 0.6) is 0 Å². The van der Waals surface area contributed by atoms with Crippen molar-refractivity contribution < 1.29 is 18.7 Å². The molecule has 4 rings (SSSR count). The first-order chi connectivity index (χ1) is 14.0. The average molecular weight is 401 g/mol. The topological polar surface area (TPSA) is 66.3 Å². The molecule has 0 bridgehead atoms. The Morgan fingerprint density at radius 1 is 1.07 bits per heavy atom. The summed E-state index contributed by atoms with van der Waals surface area (Å²) in [4.78, 5) is 21.4. The molecule has 1 aliphatic heterocycles. The summed E-state index contributed by atoms with van der Waals surface area (Å²) >= 11 is 0. The quantitative estimate of drug-likeness (QED) is 0.782. The number of carboxylic acid groups (broad SMARTS) is 1. The standard InChI is InChI=1S/C22H25F2N3O2/c23-17-10-16(20-13-25-12-19(26-20)15-3-1-2-4-15)11-18(24)22(17)27-7-5-14(6-8-27)9-21(28)29/h10-15H,1-9H2,(H,28,29). The van der Waals surface area contributed by atoms with Crippen LogP contribution >= 0.6 is 0 Å². The highest BCUT2D eigenvalue weighted by Gasteiger charge is 2.26. The van der Waals surface area contributed by atoms with Gasteiger partial charge >= 0.3 is 5.97 Å². The third-order valence-corrected chi connectivity index (χ3v) is 6.13. The molecule has 1 saturated carbocycles. The van der Waals surface area contributed by atoms with E-state index in [9.17, 15) is 13.6 Å². The normalized spacial score (nSPS) is 18.3. The Kier molecular flexibility index (Phi) is 5.74. The SMILES string of the molecule is O=C(O)CC1CCN(c2c(F)cc(-c3cncc(C4CCCC4)n3)cc2F)CC1. The van der Waals surface area contributed by atoms with Gasteiger partial charge in [0, 0.05) is 37.2 Å². The lowest BCUT2D eigenvalue weighted by molar-refractivity contribution is -0.138. The average Bonchev–Trinajstić information content (AvgIpc) is 3.23. The second-order valence-corrected chi connectivity index (χ2v) is 8.13. The molecule has 2 aromatic rings. The summed E-state index contributed by atoms with van der Waals surface area (Å²) in [5.74, 6) is -1.63. The number of carboxylic acids is 1. The Morgan fingerprint density at radius 2 is 1.72 bits per heavy atom. The number of hydrogen-bond donors (Lipinski definition) is 1. The molecule has 1 aliphatic carbocycles. The van der Waals surface area contributed by atoms with E-state index in [1.807, 2.05) is 0 Å². The number of anilines is 1. The second kappa shape index (κ2) is 8.43. The van der Waals surface area contributed by atoms with Crippen LogP contribution < -0.4 is 4.90 Å². The molecule has 7 heteroatoms. The van der Waals surface area contributed by atoms with Crippen LogP contribution in [0.25, 0.3) is 11.3 Å². The fourth-order valence-corrected chi connectivity index (χ4v) is 4.56. The third-order valence-electron chi connectivity index (χ3n) is 6.13. The van der Waals surface area contributed by atoms with Gasteiger partial charge in [-0.3, -0.25) is 9.78 Å². The molecule has 0 atom stereocenters. The van der Waals surface area contributed by atoms with Gasteiger partial charge in [-0.05, 0) is 43.7 Å². The summed E-state index contributed by atoms with van der Waals surface area (Å²) in [7, 11) is 0. The molecule has 5 nitrogen and oxygen atoms in total. The van der Waals surface area contributed by atoms with Gasteiger partial charge in [-0.1, -0.05) is 12.8 Å². The molecule has 154 valence electrons. The van der Waals surface area contributed by atoms with E-state index in [1.165, 1.54) is 25.0 Å². The van der Waals surface area contributed by atoms with E-state index in [2.05, 4.69) is 9.97 Å². The van der Waals surface area contributed by atoms with E-state index in [1.54, 1.807) is 17.3 Å². The molecule has 0 amide bonds. The third kappa shape index (κ3) is 4.38. The maximum absolute atomic E-state index is 14.9. The van der Waals surface area contributed by atoms with Crippen molar-refractivity contribution in [2.45, 2.75) is 50.9 Å². The van der Waals surface area contributed by atoms with Crippen LogP contribution in [0.4, 0.5) is 14.5 Å². The van der Waals surface area contributed by atoms with Crippen LogP contribution in [-0.2, 0) is 4.79 Å². The van der Waals surface area contributed by atoms with Gasteiger partial charge in [-0.15, -0.1) is 0 Å². The molecule has 2 fully saturated rings. The highest BCUT2D eigenvalue weighted by Crippen LogP contribution is 2.35. The van der Waals surface area contributed by atoms with Gasteiger partial charge in [0.25, 0.3) is 0 Å². The van der Waals surface area contributed by atoms with Crippen LogP contribution in [-0.4, -0.2) is 34.1 Å². The number of aromatic nitrogens is 2. The molecule has 1 aromatic heterocycles. The van der Waals surface area contributed by atoms with Crippen LogP contribution in [0.3, 0.4) is 0 Å². The van der Waals surface area contributed by atoms with E-state index >= 15 is 0 Å². The van der Waals surface area contributed by atoms with E-state index in [0.717, 1.165) is 18.5 Å². The van der Waals surface area contributed by atoms with Crippen LogP contribution in [0.1, 0.15) is 56.6 Å². The number of rotatable bonds is 5. The molecule has 1 saturated heterocycles. The predicted molar refractivity (Wildman–Crippen MR) is 106 cm³/mol. The van der Waals surface area contributed by atoms with Gasteiger partial charge in [-0.25, -0.2) is 13.8 Å².